The van der Waals surface area contributed by atoms with Crippen molar-refractivity contribution in [2.75, 3.05) is 36.0 Å². The standard InChI is InChI=1S/C22H23N5O3/c1-16-12-17(2)14-19(13-16)30-22-20(27(28)29)21(23-15-24-22)26-10-8-25(9-11-26)18-6-4-3-5-7-18/h3-7,12-15H,8-11H2,1-2H3. The van der Waals surface area contributed by atoms with E-state index in [-0.39, 0.29) is 11.6 Å². The zero-order valence-corrected chi connectivity index (χ0v) is 17.0. The lowest BCUT2D eigenvalue weighted by atomic mass is 10.1. The summed E-state index contributed by atoms with van der Waals surface area (Å²) in [5.74, 6) is 0.775. The lowest BCUT2D eigenvalue weighted by Gasteiger charge is -2.36. The SMILES string of the molecule is Cc1cc(C)cc(Oc2ncnc(N3CCN(c4ccccc4)CC3)c2[N+](=O)[O-])c1. The van der Waals surface area contributed by atoms with Gasteiger partial charge in [0.15, 0.2) is 0 Å². The van der Waals surface area contributed by atoms with Crippen molar-refractivity contribution in [2.24, 2.45) is 0 Å². The highest BCUT2D eigenvalue weighted by atomic mass is 16.6. The molecule has 4 rings (SSSR count). The fraction of sp³-hybridized carbons (Fsp3) is 0.273. The molecule has 1 fully saturated rings. The van der Waals surface area contributed by atoms with Crippen LogP contribution in [0.3, 0.4) is 0 Å². The van der Waals surface area contributed by atoms with E-state index in [2.05, 4.69) is 27.0 Å². The van der Waals surface area contributed by atoms with Crippen molar-refractivity contribution in [3.8, 4) is 11.6 Å². The van der Waals surface area contributed by atoms with Crippen LogP contribution in [0, 0.1) is 24.0 Å². The van der Waals surface area contributed by atoms with Gasteiger partial charge in [0.2, 0.25) is 5.82 Å². The topological polar surface area (TPSA) is 84.6 Å². The number of aromatic nitrogens is 2. The van der Waals surface area contributed by atoms with Gasteiger partial charge >= 0.3 is 11.6 Å². The maximum absolute atomic E-state index is 11.9. The summed E-state index contributed by atoms with van der Waals surface area (Å²) in [6.45, 7) is 6.64. The monoisotopic (exact) mass is 405 g/mol. The first-order valence-electron chi connectivity index (χ1n) is 9.82. The van der Waals surface area contributed by atoms with E-state index in [4.69, 9.17) is 4.74 Å². The molecular formula is C22H23N5O3. The van der Waals surface area contributed by atoms with E-state index >= 15 is 0 Å². The first-order valence-corrected chi connectivity index (χ1v) is 9.82. The van der Waals surface area contributed by atoms with Crippen LogP contribution in [-0.2, 0) is 0 Å². The van der Waals surface area contributed by atoms with Gasteiger partial charge in [-0.25, -0.2) is 4.98 Å². The summed E-state index contributed by atoms with van der Waals surface area (Å²) in [6, 6.07) is 15.8. The molecule has 3 aromatic rings. The number of nitrogens with zero attached hydrogens (tertiary/aromatic N) is 5. The number of benzene rings is 2. The summed E-state index contributed by atoms with van der Waals surface area (Å²) in [6.07, 6.45) is 1.32. The minimum absolute atomic E-state index is 0.0412. The maximum Gasteiger partial charge on any atom is 0.373 e. The van der Waals surface area contributed by atoms with Crippen molar-refractivity contribution in [1.29, 1.82) is 0 Å². The molecule has 0 bridgehead atoms. The number of ether oxygens (including phenoxy) is 1. The van der Waals surface area contributed by atoms with Crippen LogP contribution in [0.4, 0.5) is 17.2 Å². The molecule has 1 aliphatic heterocycles. The Kier molecular flexibility index (Phi) is 5.47. The molecule has 0 atom stereocenters. The number of para-hydroxylation sites is 1. The maximum atomic E-state index is 11.9. The molecule has 0 N–H and O–H groups in total. The van der Waals surface area contributed by atoms with Gasteiger partial charge in [-0.15, -0.1) is 0 Å². The quantitative estimate of drug-likeness (QED) is 0.466. The zero-order chi connectivity index (χ0) is 21.1. The molecule has 2 heterocycles. The molecule has 1 aromatic heterocycles. The number of anilines is 2. The van der Waals surface area contributed by atoms with E-state index in [1.807, 2.05) is 55.1 Å². The Morgan fingerprint density at radius 1 is 0.933 bits per heavy atom. The Bertz CT molecular complexity index is 1030. The lowest BCUT2D eigenvalue weighted by Crippen LogP contribution is -2.47. The van der Waals surface area contributed by atoms with E-state index < -0.39 is 4.92 Å². The molecule has 0 spiro atoms. The number of hydrogen-bond acceptors (Lipinski definition) is 7. The van der Waals surface area contributed by atoms with Crippen molar-refractivity contribution >= 4 is 17.2 Å². The van der Waals surface area contributed by atoms with Crippen LogP contribution in [0.5, 0.6) is 11.6 Å². The molecule has 0 radical (unpaired) electrons. The highest BCUT2D eigenvalue weighted by molar-refractivity contribution is 5.64. The summed E-state index contributed by atoms with van der Waals surface area (Å²) in [5, 5.41) is 11.9. The summed E-state index contributed by atoms with van der Waals surface area (Å²) < 4.78 is 5.82. The third kappa shape index (κ3) is 4.17. The molecule has 1 saturated heterocycles. The first-order chi connectivity index (χ1) is 14.5. The average Bonchev–Trinajstić information content (AvgIpc) is 2.73. The lowest BCUT2D eigenvalue weighted by molar-refractivity contribution is -0.385. The van der Waals surface area contributed by atoms with Crippen LogP contribution in [0.1, 0.15) is 11.1 Å². The largest absolute Gasteiger partial charge is 0.434 e. The van der Waals surface area contributed by atoms with Crippen molar-refractivity contribution in [1.82, 2.24) is 9.97 Å². The van der Waals surface area contributed by atoms with Crippen LogP contribution in [0.2, 0.25) is 0 Å². The van der Waals surface area contributed by atoms with Crippen LogP contribution in [-0.4, -0.2) is 41.1 Å². The van der Waals surface area contributed by atoms with Gasteiger partial charge in [-0.2, -0.15) is 4.98 Å². The Balaban J connectivity index is 1.58. The Labute approximate surface area is 174 Å². The number of aryl methyl sites for hydroxylation is 2. The Morgan fingerprint density at radius 2 is 1.57 bits per heavy atom. The van der Waals surface area contributed by atoms with Crippen LogP contribution in [0.25, 0.3) is 0 Å². The molecule has 0 saturated carbocycles. The summed E-state index contributed by atoms with van der Waals surface area (Å²) in [4.78, 5) is 23.9. The smallest absolute Gasteiger partial charge is 0.373 e. The third-order valence-corrected chi connectivity index (χ3v) is 5.06. The number of hydrogen-bond donors (Lipinski definition) is 0. The second kappa shape index (κ2) is 8.36. The second-order valence-corrected chi connectivity index (χ2v) is 7.34. The van der Waals surface area contributed by atoms with Gasteiger partial charge in [-0.1, -0.05) is 24.3 Å². The van der Waals surface area contributed by atoms with E-state index in [1.54, 1.807) is 0 Å². The van der Waals surface area contributed by atoms with Gasteiger partial charge in [0.25, 0.3) is 0 Å². The second-order valence-electron chi connectivity index (χ2n) is 7.34. The van der Waals surface area contributed by atoms with Gasteiger partial charge in [0.05, 0.1) is 4.92 Å². The summed E-state index contributed by atoms with van der Waals surface area (Å²) >= 11 is 0. The van der Waals surface area contributed by atoms with Crippen molar-refractivity contribution < 1.29 is 9.66 Å². The Morgan fingerprint density at radius 3 is 2.20 bits per heavy atom. The normalized spacial score (nSPS) is 13.9. The minimum atomic E-state index is -0.461. The van der Waals surface area contributed by atoms with E-state index in [9.17, 15) is 10.1 Å². The molecule has 0 amide bonds. The molecule has 0 aliphatic carbocycles. The van der Waals surface area contributed by atoms with Crippen molar-refractivity contribution in [3.05, 3.63) is 76.1 Å². The number of rotatable bonds is 5. The van der Waals surface area contributed by atoms with E-state index in [1.165, 1.54) is 6.33 Å². The molecule has 0 unspecified atom stereocenters. The Hall–Kier alpha value is -3.68. The van der Waals surface area contributed by atoms with E-state index in [0.29, 0.717) is 24.7 Å². The first kappa shape index (κ1) is 19.6. The highest BCUT2D eigenvalue weighted by Gasteiger charge is 2.30. The van der Waals surface area contributed by atoms with Crippen LogP contribution in [0.15, 0.2) is 54.9 Å². The minimum Gasteiger partial charge on any atom is -0.434 e. The molecule has 8 heteroatoms. The molecule has 154 valence electrons. The summed E-state index contributed by atoms with van der Waals surface area (Å²) in [7, 11) is 0. The predicted octanol–water partition coefficient (Wildman–Crippen LogP) is 4.12. The van der Waals surface area contributed by atoms with Crippen molar-refractivity contribution in [3.63, 3.8) is 0 Å². The van der Waals surface area contributed by atoms with Gasteiger partial charge in [-0.3, -0.25) is 10.1 Å². The van der Waals surface area contributed by atoms with Gasteiger partial charge in [0.1, 0.15) is 12.1 Å². The average molecular weight is 405 g/mol. The molecular weight excluding hydrogens is 382 g/mol. The molecule has 8 nitrogen and oxygen atoms in total. The fourth-order valence-corrected chi connectivity index (χ4v) is 3.74. The number of piperazine rings is 1. The van der Waals surface area contributed by atoms with Crippen LogP contribution >= 0.6 is 0 Å². The fourth-order valence-electron chi connectivity index (χ4n) is 3.74. The molecule has 2 aromatic carbocycles. The van der Waals surface area contributed by atoms with E-state index in [0.717, 1.165) is 29.9 Å². The highest BCUT2D eigenvalue weighted by Crippen LogP contribution is 2.37. The molecule has 1 aliphatic rings. The predicted molar refractivity (Wildman–Crippen MR) is 116 cm³/mol. The zero-order valence-electron chi connectivity index (χ0n) is 17.0. The van der Waals surface area contributed by atoms with Gasteiger partial charge < -0.3 is 14.5 Å². The third-order valence-electron chi connectivity index (χ3n) is 5.06. The van der Waals surface area contributed by atoms with Gasteiger partial charge in [-0.05, 0) is 49.2 Å². The van der Waals surface area contributed by atoms with Gasteiger partial charge in [0, 0.05) is 31.9 Å². The number of nitro groups is 1. The molecule has 30 heavy (non-hydrogen) atoms. The summed E-state index contributed by atoms with van der Waals surface area (Å²) in [5.41, 5.74) is 2.97. The van der Waals surface area contributed by atoms with Crippen molar-refractivity contribution in [2.45, 2.75) is 13.8 Å². The van der Waals surface area contributed by atoms with Crippen LogP contribution < -0.4 is 14.5 Å².